The molecule has 0 spiro atoms. The Balaban J connectivity index is 2.09. The molecule has 21 heavy (non-hydrogen) atoms. The molecule has 0 saturated heterocycles. The van der Waals surface area contributed by atoms with Crippen LogP contribution in [0.1, 0.15) is 37.4 Å². The van der Waals surface area contributed by atoms with Gasteiger partial charge in [-0.15, -0.1) is 0 Å². The first-order valence-corrected chi connectivity index (χ1v) is 7.22. The monoisotopic (exact) mass is 291 g/mol. The van der Waals surface area contributed by atoms with Crippen molar-refractivity contribution in [2.24, 2.45) is 0 Å². The lowest BCUT2D eigenvalue weighted by Gasteiger charge is -2.10. The fourth-order valence-electron chi connectivity index (χ4n) is 2.18. The quantitative estimate of drug-likeness (QED) is 0.852. The summed E-state index contributed by atoms with van der Waals surface area (Å²) in [5.74, 6) is -0.0629. The average molecular weight is 291 g/mol. The molecular weight excluding hydrogens is 269 g/mol. The highest BCUT2D eigenvalue weighted by Gasteiger charge is 2.11. The summed E-state index contributed by atoms with van der Waals surface area (Å²) in [6.07, 6.45) is 4.87. The molecule has 1 unspecified atom stereocenters. The van der Waals surface area contributed by atoms with E-state index >= 15 is 0 Å². The molecule has 0 aliphatic carbocycles. The maximum Gasteiger partial charge on any atom is 0.170 e. The van der Waals surface area contributed by atoms with Gasteiger partial charge in [0.1, 0.15) is 0 Å². The van der Waals surface area contributed by atoms with Crippen molar-refractivity contribution in [2.45, 2.75) is 32.9 Å². The van der Waals surface area contributed by atoms with Gasteiger partial charge in [-0.2, -0.15) is 5.10 Å². The predicted octanol–water partition coefficient (Wildman–Crippen LogP) is 3.14. The second kappa shape index (κ2) is 7.22. The molecule has 0 radical (unpaired) electrons. The first-order valence-electron chi connectivity index (χ1n) is 7.22. The zero-order valence-corrected chi connectivity index (χ0v) is 12.8. The van der Waals surface area contributed by atoms with Crippen LogP contribution in [0.3, 0.4) is 0 Å². The zero-order valence-electron chi connectivity index (χ0n) is 12.8. The fourth-order valence-corrected chi connectivity index (χ4v) is 2.18. The van der Waals surface area contributed by atoms with Crippen molar-refractivity contribution < 1.29 is 9.13 Å². The number of nitrogens with one attached hydrogen (secondary N) is 1. The third-order valence-corrected chi connectivity index (χ3v) is 3.45. The number of rotatable bonds is 7. The lowest BCUT2D eigenvalue weighted by molar-refractivity contribution is 0.383. The number of nitrogens with zero attached hydrogens (tertiary/aromatic N) is 2. The van der Waals surface area contributed by atoms with Crippen LogP contribution in [0, 0.1) is 5.82 Å². The van der Waals surface area contributed by atoms with Crippen LogP contribution in [0.25, 0.3) is 0 Å². The van der Waals surface area contributed by atoms with Crippen molar-refractivity contribution in [1.29, 1.82) is 0 Å². The SMILES string of the molecule is CCCNC(C)c1cnn(Cc2cccc(OC)c2F)c1. The highest BCUT2D eigenvalue weighted by Crippen LogP contribution is 2.21. The largest absolute Gasteiger partial charge is 0.494 e. The first-order chi connectivity index (χ1) is 10.2. The van der Waals surface area contributed by atoms with Gasteiger partial charge in [0.05, 0.1) is 19.9 Å². The van der Waals surface area contributed by atoms with Crippen LogP contribution in [0.5, 0.6) is 5.75 Å². The first kappa shape index (κ1) is 15.5. The summed E-state index contributed by atoms with van der Waals surface area (Å²) >= 11 is 0. The Labute approximate surface area is 124 Å². The zero-order chi connectivity index (χ0) is 15.2. The molecule has 5 heteroatoms. The van der Waals surface area contributed by atoms with E-state index in [1.165, 1.54) is 7.11 Å². The minimum absolute atomic E-state index is 0.244. The van der Waals surface area contributed by atoms with E-state index in [1.54, 1.807) is 22.9 Å². The highest BCUT2D eigenvalue weighted by molar-refractivity contribution is 5.31. The van der Waals surface area contributed by atoms with E-state index in [0.717, 1.165) is 18.5 Å². The molecule has 1 N–H and O–H groups in total. The Hall–Kier alpha value is -1.88. The molecule has 1 heterocycles. The number of ether oxygens (including phenoxy) is 1. The average Bonchev–Trinajstić information content (AvgIpc) is 2.95. The van der Waals surface area contributed by atoms with Crippen LogP contribution in [0.2, 0.25) is 0 Å². The number of halogens is 1. The maximum absolute atomic E-state index is 14.1. The molecule has 2 aromatic rings. The fraction of sp³-hybridized carbons (Fsp3) is 0.438. The van der Waals surface area contributed by atoms with Crippen molar-refractivity contribution in [3.8, 4) is 5.75 Å². The topological polar surface area (TPSA) is 39.1 Å². The van der Waals surface area contributed by atoms with Crippen LogP contribution >= 0.6 is 0 Å². The Morgan fingerprint density at radius 1 is 1.43 bits per heavy atom. The predicted molar refractivity (Wildman–Crippen MR) is 81.0 cm³/mol. The standard InChI is InChI=1S/C16H22FN3O/c1-4-8-18-12(2)14-9-19-20(11-14)10-13-6-5-7-15(21-3)16(13)17/h5-7,9,11-12,18H,4,8,10H2,1-3H3. The summed E-state index contributed by atoms with van der Waals surface area (Å²) in [5, 5.41) is 7.71. The molecule has 0 fully saturated rings. The minimum Gasteiger partial charge on any atom is -0.494 e. The van der Waals surface area contributed by atoms with Gasteiger partial charge in [0.2, 0.25) is 0 Å². The lowest BCUT2D eigenvalue weighted by Crippen LogP contribution is -2.18. The van der Waals surface area contributed by atoms with Gasteiger partial charge in [-0.05, 0) is 26.0 Å². The van der Waals surface area contributed by atoms with Crippen molar-refractivity contribution in [3.05, 3.63) is 47.5 Å². The van der Waals surface area contributed by atoms with Crippen LogP contribution in [-0.4, -0.2) is 23.4 Å². The molecule has 0 amide bonds. The highest BCUT2D eigenvalue weighted by atomic mass is 19.1. The van der Waals surface area contributed by atoms with Gasteiger partial charge in [0.15, 0.2) is 11.6 Å². The van der Waals surface area contributed by atoms with E-state index in [9.17, 15) is 4.39 Å². The number of hydrogen-bond acceptors (Lipinski definition) is 3. The van der Waals surface area contributed by atoms with Crippen LogP contribution in [-0.2, 0) is 6.54 Å². The smallest absolute Gasteiger partial charge is 0.170 e. The molecule has 0 aliphatic heterocycles. The number of benzene rings is 1. The summed E-state index contributed by atoms with van der Waals surface area (Å²) in [6, 6.07) is 5.39. The van der Waals surface area contributed by atoms with Gasteiger partial charge in [-0.3, -0.25) is 4.68 Å². The van der Waals surface area contributed by atoms with Crippen molar-refractivity contribution in [2.75, 3.05) is 13.7 Å². The molecule has 4 nitrogen and oxygen atoms in total. The molecule has 0 saturated carbocycles. The van der Waals surface area contributed by atoms with Crippen molar-refractivity contribution >= 4 is 0 Å². The van der Waals surface area contributed by atoms with Crippen LogP contribution < -0.4 is 10.1 Å². The summed E-state index contributed by atoms with van der Waals surface area (Å²) < 4.78 is 20.9. The van der Waals surface area contributed by atoms with E-state index < -0.39 is 0 Å². The minimum atomic E-state index is -0.325. The molecule has 1 aromatic carbocycles. The van der Waals surface area contributed by atoms with Crippen molar-refractivity contribution in [1.82, 2.24) is 15.1 Å². The van der Waals surface area contributed by atoms with Gasteiger partial charge < -0.3 is 10.1 Å². The number of aromatic nitrogens is 2. The molecular formula is C16H22FN3O. The van der Waals surface area contributed by atoms with Gasteiger partial charge in [-0.1, -0.05) is 19.1 Å². The number of methoxy groups -OCH3 is 1. The maximum atomic E-state index is 14.1. The van der Waals surface area contributed by atoms with E-state index in [-0.39, 0.29) is 17.6 Å². The van der Waals surface area contributed by atoms with Gasteiger partial charge in [0.25, 0.3) is 0 Å². The molecule has 114 valence electrons. The van der Waals surface area contributed by atoms with Gasteiger partial charge >= 0.3 is 0 Å². The van der Waals surface area contributed by atoms with Gasteiger partial charge in [0, 0.05) is 23.4 Å². The Bertz CT molecular complexity index is 583. The lowest BCUT2D eigenvalue weighted by atomic mass is 10.2. The van der Waals surface area contributed by atoms with Gasteiger partial charge in [-0.25, -0.2) is 4.39 Å². The summed E-state index contributed by atoms with van der Waals surface area (Å²) in [4.78, 5) is 0. The molecule has 1 atom stereocenters. The summed E-state index contributed by atoms with van der Waals surface area (Å²) in [5.41, 5.74) is 1.67. The van der Waals surface area contributed by atoms with E-state index in [2.05, 4.69) is 24.3 Å². The van der Waals surface area contributed by atoms with Crippen LogP contribution in [0.4, 0.5) is 4.39 Å². The van der Waals surface area contributed by atoms with E-state index in [4.69, 9.17) is 4.74 Å². The van der Waals surface area contributed by atoms with Crippen LogP contribution in [0.15, 0.2) is 30.6 Å². The molecule has 0 bridgehead atoms. The molecule has 2 rings (SSSR count). The summed E-state index contributed by atoms with van der Waals surface area (Å²) in [7, 11) is 1.47. The Morgan fingerprint density at radius 3 is 2.95 bits per heavy atom. The normalized spacial score (nSPS) is 12.4. The summed E-state index contributed by atoms with van der Waals surface area (Å²) in [6.45, 7) is 5.60. The third kappa shape index (κ3) is 3.82. The molecule has 0 aliphatic rings. The Kier molecular flexibility index (Phi) is 5.33. The molecule has 1 aromatic heterocycles. The van der Waals surface area contributed by atoms with E-state index in [1.807, 2.05) is 12.4 Å². The second-order valence-corrected chi connectivity index (χ2v) is 5.08. The Morgan fingerprint density at radius 2 is 2.24 bits per heavy atom. The van der Waals surface area contributed by atoms with E-state index in [0.29, 0.717) is 12.1 Å². The number of hydrogen-bond donors (Lipinski definition) is 1. The van der Waals surface area contributed by atoms with Crippen molar-refractivity contribution in [3.63, 3.8) is 0 Å². The third-order valence-electron chi connectivity index (χ3n) is 3.45. The second-order valence-electron chi connectivity index (χ2n) is 5.08.